The number of nitrogens with zero attached hydrogens (tertiary/aromatic N) is 1. The molecule has 0 spiro atoms. The minimum atomic E-state index is -0.952. The number of hydrogen-bond acceptors (Lipinski definition) is 6. The highest BCUT2D eigenvalue weighted by Crippen LogP contribution is 2.38. The van der Waals surface area contributed by atoms with E-state index in [1.807, 2.05) is 0 Å². The van der Waals surface area contributed by atoms with E-state index in [-0.39, 0.29) is 55.0 Å². The molecule has 1 saturated heterocycles. The van der Waals surface area contributed by atoms with Gasteiger partial charge in [0.2, 0.25) is 0 Å². The van der Waals surface area contributed by atoms with Gasteiger partial charge in [0.15, 0.2) is 18.1 Å². The second-order valence-electron chi connectivity index (χ2n) is 8.29. The smallest absolute Gasteiger partial charge is 0.335 e. The molecule has 3 aromatic rings. The van der Waals surface area contributed by atoms with Crippen molar-refractivity contribution in [3.05, 3.63) is 84.8 Å². The molecular weight excluding hydrogens is 640 g/mol. The van der Waals surface area contributed by atoms with Gasteiger partial charge in [-0.2, -0.15) is 0 Å². The molecule has 9 nitrogen and oxygen atoms in total. The predicted octanol–water partition coefficient (Wildman–Crippen LogP) is 7.04. The number of anilines is 2. The third-order valence-corrected chi connectivity index (χ3v) is 7.22. The highest BCUT2D eigenvalue weighted by atomic mass is 35.5. The van der Waals surface area contributed by atoms with E-state index < -0.39 is 30.4 Å². The monoisotopic (exact) mass is 655 g/mol. The summed E-state index contributed by atoms with van der Waals surface area (Å²) < 4.78 is 11.3. The molecule has 1 aliphatic rings. The Balaban J connectivity index is 1.58. The number of amides is 5. The molecule has 0 unspecified atom stereocenters. The summed E-state index contributed by atoms with van der Waals surface area (Å²) >= 11 is 30.3. The summed E-state index contributed by atoms with van der Waals surface area (Å²) in [7, 11) is 0. The molecular formula is C27H18Cl5N3O6. The molecule has 2 N–H and O–H groups in total. The highest BCUT2D eigenvalue weighted by molar-refractivity contribution is 6.43. The number of hydrogen-bond donors (Lipinski definition) is 2. The van der Waals surface area contributed by atoms with Crippen LogP contribution in [0.2, 0.25) is 25.1 Å². The number of halogens is 5. The average Bonchev–Trinajstić information content (AvgIpc) is 2.90. The van der Waals surface area contributed by atoms with Crippen LogP contribution in [0.4, 0.5) is 16.2 Å². The molecule has 14 heteroatoms. The van der Waals surface area contributed by atoms with Crippen LogP contribution in [-0.2, 0) is 14.4 Å². The van der Waals surface area contributed by atoms with Crippen molar-refractivity contribution in [1.29, 1.82) is 0 Å². The lowest BCUT2D eigenvalue weighted by Crippen LogP contribution is -2.54. The summed E-state index contributed by atoms with van der Waals surface area (Å²) in [6.45, 7) is 1.50. The Morgan fingerprint density at radius 3 is 2.22 bits per heavy atom. The van der Waals surface area contributed by atoms with E-state index in [1.54, 1.807) is 13.0 Å². The summed E-state index contributed by atoms with van der Waals surface area (Å²) in [4.78, 5) is 51.5. The van der Waals surface area contributed by atoms with Crippen molar-refractivity contribution in [1.82, 2.24) is 5.32 Å². The van der Waals surface area contributed by atoms with Gasteiger partial charge in [0.25, 0.3) is 17.7 Å². The van der Waals surface area contributed by atoms with E-state index in [0.717, 1.165) is 4.90 Å². The summed E-state index contributed by atoms with van der Waals surface area (Å²) in [5.74, 6) is -2.11. The minimum absolute atomic E-state index is 0.0335. The second kappa shape index (κ2) is 13.0. The Hall–Kier alpha value is -3.47. The van der Waals surface area contributed by atoms with Crippen LogP contribution < -0.4 is 25.0 Å². The number of benzene rings is 3. The number of barbiturate groups is 1. The largest absolute Gasteiger partial charge is 0.490 e. The molecule has 0 radical (unpaired) electrons. The summed E-state index contributed by atoms with van der Waals surface area (Å²) in [6.07, 6.45) is 1.24. The van der Waals surface area contributed by atoms with Crippen LogP contribution in [0, 0.1) is 0 Å². The number of ether oxygens (including phenoxy) is 2. The average molecular weight is 658 g/mol. The van der Waals surface area contributed by atoms with Crippen LogP contribution in [0.15, 0.2) is 54.1 Å². The van der Waals surface area contributed by atoms with Gasteiger partial charge in [0.1, 0.15) is 5.57 Å². The summed E-state index contributed by atoms with van der Waals surface area (Å²) in [5, 5.41) is 5.72. The first-order valence-electron chi connectivity index (χ1n) is 11.7. The number of nitrogens with one attached hydrogen (secondary N) is 2. The van der Waals surface area contributed by atoms with E-state index in [9.17, 15) is 19.2 Å². The third-order valence-electron chi connectivity index (χ3n) is 5.46. The lowest BCUT2D eigenvalue weighted by atomic mass is 10.1. The van der Waals surface area contributed by atoms with Gasteiger partial charge in [-0.1, -0.05) is 58.0 Å². The number of carbonyl (C=O) groups is 4. The quantitative estimate of drug-likeness (QED) is 0.199. The van der Waals surface area contributed by atoms with Gasteiger partial charge in [-0.3, -0.25) is 19.7 Å². The van der Waals surface area contributed by atoms with E-state index in [4.69, 9.17) is 67.5 Å². The Morgan fingerprint density at radius 1 is 0.878 bits per heavy atom. The van der Waals surface area contributed by atoms with Crippen molar-refractivity contribution in [2.24, 2.45) is 0 Å². The number of carbonyl (C=O) groups excluding carboxylic acids is 4. The molecule has 41 heavy (non-hydrogen) atoms. The van der Waals surface area contributed by atoms with E-state index >= 15 is 0 Å². The van der Waals surface area contributed by atoms with Crippen molar-refractivity contribution in [2.75, 3.05) is 23.4 Å². The van der Waals surface area contributed by atoms with E-state index in [2.05, 4.69) is 10.6 Å². The molecule has 0 saturated carbocycles. The Morgan fingerprint density at radius 2 is 1.56 bits per heavy atom. The summed E-state index contributed by atoms with van der Waals surface area (Å²) in [5.41, 5.74) is 0.447. The van der Waals surface area contributed by atoms with Crippen LogP contribution in [0.3, 0.4) is 0 Å². The molecule has 0 aromatic heterocycles. The molecule has 5 amide bonds. The fourth-order valence-electron chi connectivity index (χ4n) is 3.67. The van der Waals surface area contributed by atoms with Crippen molar-refractivity contribution in [3.8, 4) is 11.5 Å². The Bertz CT molecular complexity index is 1610. The lowest BCUT2D eigenvalue weighted by Gasteiger charge is -2.26. The van der Waals surface area contributed by atoms with Crippen molar-refractivity contribution < 1.29 is 28.7 Å². The molecule has 3 aromatic carbocycles. The molecule has 4 rings (SSSR count). The van der Waals surface area contributed by atoms with Gasteiger partial charge in [0.05, 0.1) is 37.4 Å². The first-order chi connectivity index (χ1) is 19.5. The molecule has 212 valence electrons. The maximum Gasteiger partial charge on any atom is 0.335 e. The summed E-state index contributed by atoms with van der Waals surface area (Å²) in [6, 6.07) is 10.7. The molecule has 0 atom stereocenters. The molecule has 0 bridgehead atoms. The lowest BCUT2D eigenvalue weighted by molar-refractivity contribution is -0.122. The fourth-order valence-corrected chi connectivity index (χ4v) is 4.53. The Kier molecular flexibility index (Phi) is 9.68. The van der Waals surface area contributed by atoms with Crippen LogP contribution in [0.5, 0.6) is 11.5 Å². The first-order valence-corrected chi connectivity index (χ1v) is 13.6. The zero-order valence-electron chi connectivity index (χ0n) is 20.9. The first kappa shape index (κ1) is 30.5. The highest BCUT2D eigenvalue weighted by Gasteiger charge is 2.37. The van der Waals surface area contributed by atoms with Gasteiger partial charge in [0, 0.05) is 5.69 Å². The SMILES string of the molecule is CCOc1cc(/C=C2/C(=O)NC(=O)N(c3ccc(Cl)c(Cl)c3)C2=O)cc(Cl)c1OCC(=O)Nc1ccc(Cl)c(Cl)c1. The third kappa shape index (κ3) is 7.06. The van der Waals surface area contributed by atoms with Gasteiger partial charge in [-0.05, 0) is 67.1 Å². The Labute approximate surface area is 258 Å². The van der Waals surface area contributed by atoms with Crippen molar-refractivity contribution in [2.45, 2.75) is 6.92 Å². The number of imide groups is 2. The minimum Gasteiger partial charge on any atom is -0.490 e. The second-order valence-corrected chi connectivity index (χ2v) is 10.3. The van der Waals surface area contributed by atoms with Gasteiger partial charge in [-0.25, -0.2) is 9.69 Å². The van der Waals surface area contributed by atoms with Crippen molar-refractivity contribution in [3.63, 3.8) is 0 Å². The normalized spacial score (nSPS) is 14.2. The molecule has 1 heterocycles. The maximum atomic E-state index is 13.2. The van der Waals surface area contributed by atoms with Crippen LogP contribution in [0.1, 0.15) is 12.5 Å². The zero-order chi connectivity index (χ0) is 29.8. The number of urea groups is 1. The standard InChI is InChI=1S/C27H18Cl5N3O6/c1-2-40-22-9-13(8-21(32)24(22)41-12-23(36)33-14-3-5-17(28)19(30)10-14)7-16-25(37)34-27(39)35(26(16)38)15-4-6-18(29)20(31)11-15/h3-11H,2,12H2,1H3,(H,33,36)(H,34,37,39)/b16-7-. The van der Waals surface area contributed by atoms with E-state index in [1.165, 1.54) is 48.5 Å². The van der Waals surface area contributed by atoms with Gasteiger partial charge >= 0.3 is 6.03 Å². The topological polar surface area (TPSA) is 114 Å². The number of rotatable bonds is 8. The molecule has 1 fully saturated rings. The zero-order valence-corrected chi connectivity index (χ0v) is 24.7. The van der Waals surface area contributed by atoms with Gasteiger partial charge < -0.3 is 14.8 Å². The van der Waals surface area contributed by atoms with Crippen LogP contribution in [-0.4, -0.2) is 37.0 Å². The van der Waals surface area contributed by atoms with E-state index in [0.29, 0.717) is 10.7 Å². The van der Waals surface area contributed by atoms with Gasteiger partial charge in [-0.15, -0.1) is 0 Å². The van der Waals surface area contributed by atoms with Crippen LogP contribution in [0.25, 0.3) is 6.08 Å². The van der Waals surface area contributed by atoms with Crippen molar-refractivity contribution >= 4 is 99.2 Å². The predicted molar refractivity (Wildman–Crippen MR) is 159 cm³/mol. The molecule has 1 aliphatic heterocycles. The van der Waals surface area contributed by atoms with Crippen LogP contribution >= 0.6 is 58.0 Å². The maximum absolute atomic E-state index is 13.2. The molecule has 0 aliphatic carbocycles. The fraction of sp³-hybridized carbons (Fsp3) is 0.111.